The van der Waals surface area contributed by atoms with Gasteiger partial charge < -0.3 is 9.15 Å². The van der Waals surface area contributed by atoms with Gasteiger partial charge in [0.05, 0.1) is 7.11 Å². The largest absolute Gasteiger partial charge is 0.452 e. The Balaban J connectivity index is 2.84. The third-order valence-corrected chi connectivity index (χ3v) is 0.623. The Kier molecular flexibility index (Phi) is 1.15. The zero-order chi connectivity index (χ0) is 5.98. The maximum atomic E-state index is 4.68. The predicted molar refractivity (Wildman–Crippen MR) is 25.3 cm³/mol. The molecule has 1 rings (SSSR count). The molecule has 1 radical (unpaired) electrons. The molecular formula is C4H5N2O2. The minimum absolute atomic E-state index is 0.148. The van der Waals surface area contributed by atoms with Gasteiger partial charge >= 0.3 is 6.08 Å². The zero-order valence-corrected chi connectivity index (χ0v) is 4.42. The summed E-state index contributed by atoms with van der Waals surface area (Å²) in [6.45, 7) is 3.37. The fourth-order valence-electron chi connectivity index (χ4n) is 0.321. The lowest BCUT2D eigenvalue weighted by molar-refractivity contribution is 0.286. The van der Waals surface area contributed by atoms with E-state index in [4.69, 9.17) is 0 Å². The van der Waals surface area contributed by atoms with Gasteiger partial charge in [-0.15, -0.1) is 5.10 Å². The average Bonchev–Trinajstić information content (AvgIpc) is 2.14. The van der Waals surface area contributed by atoms with E-state index in [-0.39, 0.29) is 12.0 Å². The summed E-state index contributed by atoms with van der Waals surface area (Å²) in [5, 5.41) is 6.87. The summed E-state index contributed by atoms with van der Waals surface area (Å²) in [7, 11) is 1.45. The van der Waals surface area contributed by atoms with Gasteiger partial charge in [-0.25, -0.2) is 0 Å². The first-order valence-corrected chi connectivity index (χ1v) is 2.02. The van der Waals surface area contributed by atoms with E-state index in [1.807, 2.05) is 0 Å². The van der Waals surface area contributed by atoms with Gasteiger partial charge in [-0.1, -0.05) is 5.10 Å². The van der Waals surface area contributed by atoms with Crippen molar-refractivity contribution in [1.82, 2.24) is 10.2 Å². The fourth-order valence-corrected chi connectivity index (χ4v) is 0.321. The highest BCUT2D eigenvalue weighted by atomic mass is 16.6. The average molecular weight is 113 g/mol. The number of hydrogen-bond donors (Lipinski definition) is 0. The quantitative estimate of drug-likeness (QED) is 0.524. The molecule has 0 amide bonds. The first-order valence-electron chi connectivity index (χ1n) is 2.02. The Labute approximate surface area is 46.5 Å². The smallest absolute Gasteiger partial charge is 0.414 e. The van der Waals surface area contributed by atoms with Crippen molar-refractivity contribution < 1.29 is 9.15 Å². The van der Waals surface area contributed by atoms with Crippen LogP contribution in [0.2, 0.25) is 0 Å². The van der Waals surface area contributed by atoms with E-state index in [2.05, 4.69) is 26.3 Å². The molecular weight excluding hydrogens is 108 g/mol. The highest BCUT2D eigenvalue weighted by Gasteiger charge is 1.97. The van der Waals surface area contributed by atoms with E-state index >= 15 is 0 Å². The van der Waals surface area contributed by atoms with Crippen LogP contribution in [0.25, 0.3) is 0 Å². The molecule has 0 aliphatic rings. The van der Waals surface area contributed by atoms with Crippen molar-refractivity contribution in [2.24, 2.45) is 0 Å². The highest BCUT2D eigenvalue weighted by Crippen LogP contribution is 2.03. The molecule has 0 bridgehead atoms. The van der Waals surface area contributed by atoms with Gasteiger partial charge in [-0.2, -0.15) is 0 Å². The molecule has 8 heavy (non-hydrogen) atoms. The summed E-state index contributed by atoms with van der Waals surface area (Å²) in [6.07, 6.45) is 0.148. The first kappa shape index (κ1) is 5.08. The van der Waals surface area contributed by atoms with Crippen LogP contribution in [0, 0.1) is 6.92 Å². The lowest BCUT2D eigenvalue weighted by Gasteiger charge is -1.82. The number of methoxy groups -OCH3 is 1. The minimum atomic E-state index is 0.148. The van der Waals surface area contributed by atoms with Crippen LogP contribution >= 0.6 is 0 Å². The molecule has 4 nitrogen and oxygen atoms in total. The molecule has 0 atom stereocenters. The molecule has 0 spiro atoms. The van der Waals surface area contributed by atoms with Crippen molar-refractivity contribution in [2.75, 3.05) is 7.11 Å². The molecule has 4 heteroatoms. The van der Waals surface area contributed by atoms with Crippen molar-refractivity contribution >= 4 is 0 Å². The molecule has 0 saturated heterocycles. The van der Waals surface area contributed by atoms with Crippen LogP contribution < -0.4 is 4.74 Å². The second-order valence-electron chi connectivity index (χ2n) is 1.17. The number of hydrogen-bond acceptors (Lipinski definition) is 4. The molecule has 0 aromatic carbocycles. The number of nitrogens with zero attached hydrogens (tertiary/aromatic N) is 2. The van der Waals surface area contributed by atoms with E-state index in [0.29, 0.717) is 0 Å². The molecule has 0 aliphatic heterocycles. The molecule has 0 aliphatic carbocycles. The monoisotopic (exact) mass is 113 g/mol. The minimum Gasteiger partial charge on any atom is -0.452 e. The van der Waals surface area contributed by atoms with Gasteiger partial charge in [-0.05, 0) is 0 Å². The molecule has 1 aromatic rings. The summed E-state index contributed by atoms with van der Waals surface area (Å²) >= 11 is 0. The van der Waals surface area contributed by atoms with Gasteiger partial charge in [-0.3, -0.25) is 0 Å². The SMILES string of the molecule is [CH2]c1nnc(OC)o1. The molecule has 1 heterocycles. The topological polar surface area (TPSA) is 48.2 Å². The van der Waals surface area contributed by atoms with Crippen molar-refractivity contribution in [2.45, 2.75) is 0 Å². The first-order chi connectivity index (χ1) is 3.83. The van der Waals surface area contributed by atoms with Crippen molar-refractivity contribution in [3.05, 3.63) is 12.8 Å². The van der Waals surface area contributed by atoms with E-state index in [1.54, 1.807) is 0 Å². The van der Waals surface area contributed by atoms with E-state index in [9.17, 15) is 0 Å². The third-order valence-electron chi connectivity index (χ3n) is 0.623. The van der Waals surface area contributed by atoms with Crippen LogP contribution in [0.1, 0.15) is 5.89 Å². The Morgan fingerprint density at radius 3 is 2.62 bits per heavy atom. The molecule has 0 N–H and O–H groups in total. The molecule has 43 valence electrons. The molecule has 0 unspecified atom stereocenters. The highest BCUT2D eigenvalue weighted by molar-refractivity contribution is 4.86. The zero-order valence-electron chi connectivity index (χ0n) is 4.42. The second-order valence-corrected chi connectivity index (χ2v) is 1.17. The van der Waals surface area contributed by atoms with Gasteiger partial charge in [0.25, 0.3) is 0 Å². The number of rotatable bonds is 1. The van der Waals surface area contributed by atoms with Crippen LogP contribution in [0.3, 0.4) is 0 Å². The van der Waals surface area contributed by atoms with Crippen molar-refractivity contribution in [3.8, 4) is 6.08 Å². The molecule has 0 fully saturated rings. The van der Waals surface area contributed by atoms with Crippen LogP contribution in [0.5, 0.6) is 6.08 Å². The van der Waals surface area contributed by atoms with E-state index in [1.165, 1.54) is 7.11 Å². The summed E-state index contributed by atoms with van der Waals surface area (Å²) in [5.41, 5.74) is 0. The third kappa shape index (κ3) is 0.776. The van der Waals surface area contributed by atoms with Crippen molar-refractivity contribution in [1.29, 1.82) is 0 Å². The Morgan fingerprint density at radius 1 is 1.62 bits per heavy atom. The normalized spacial score (nSPS) is 9.25. The Hall–Kier alpha value is -1.06. The van der Waals surface area contributed by atoms with Gasteiger partial charge in [0.1, 0.15) is 0 Å². The summed E-state index contributed by atoms with van der Waals surface area (Å²) in [6, 6.07) is 0. The summed E-state index contributed by atoms with van der Waals surface area (Å²) in [5.74, 6) is 0.266. The fraction of sp³-hybridized carbons (Fsp3) is 0.250. The van der Waals surface area contributed by atoms with Crippen molar-refractivity contribution in [3.63, 3.8) is 0 Å². The van der Waals surface area contributed by atoms with Crippen LogP contribution in [0.4, 0.5) is 0 Å². The predicted octanol–water partition coefficient (Wildman–Crippen LogP) is 0.260. The standard InChI is InChI=1S/C4H5N2O2/c1-3-5-6-4(7-2)8-3/h1H2,2H3. The van der Waals surface area contributed by atoms with E-state index in [0.717, 1.165) is 0 Å². The van der Waals surface area contributed by atoms with Gasteiger partial charge in [0, 0.05) is 6.92 Å². The Bertz CT molecular complexity index is 172. The van der Waals surface area contributed by atoms with Gasteiger partial charge in [0.15, 0.2) is 0 Å². The molecule has 0 saturated carbocycles. The van der Waals surface area contributed by atoms with Crippen LogP contribution in [-0.2, 0) is 0 Å². The Morgan fingerprint density at radius 2 is 2.38 bits per heavy atom. The summed E-state index contributed by atoms with van der Waals surface area (Å²) in [4.78, 5) is 0. The number of aromatic nitrogens is 2. The van der Waals surface area contributed by atoms with Gasteiger partial charge in [0.2, 0.25) is 5.89 Å². The lowest BCUT2D eigenvalue weighted by Crippen LogP contribution is -1.79. The summed E-state index contributed by atoms with van der Waals surface area (Å²) < 4.78 is 9.23. The van der Waals surface area contributed by atoms with E-state index < -0.39 is 0 Å². The van der Waals surface area contributed by atoms with Crippen LogP contribution in [-0.4, -0.2) is 17.3 Å². The molecule has 1 aromatic heterocycles. The number of ether oxygens (including phenoxy) is 1. The second kappa shape index (κ2) is 1.81. The maximum Gasteiger partial charge on any atom is 0.414 e. The maximum absolute atomic E-state index is 4.68. The lowest BCUT2D eigenvalue weighted by atomic mass is 10.8. The van der Waals surface area contributed by atoms with Crippen LogP contribution in [0.15, 0.2) is 4.42 Å².